The Kier molecular flexibility index (Phi) is 5.76. The summed E-state index contributed by atoms with van der Waals surface area (Å²) in [6, 6.07) is 6.86. The average Bonchev–Trinajstić information content (AvgIpc) is 2.37. The summed E-state index contributed by atoms with van der Waals surface area (Å²) in [4.78, 5) is 11.7. The topological polar surface area (TPSA) is 72.5 Å². The quantitative estimate of drug-likeness (QED) is 0.781. The van der Waals surface area contributed by atoms with Crippen molar-refractivity contribution in [1.82, 2.24) is 0 Å². The van der Waals surface area contributed by atoms with Crippen LogP contribution in [0.15, 0.2) is 36.4 Å². The van der Waals surface area contributed by atoms with Crippen LogP contribution in [0.5, 0.6) is 5.75 Å². The van der Waals surface area contributed by atoms with Crippen molar-refractivity contribution in [2.45, 2.75) is 13.8 Å². The minimum atomic E-state index is -3.34. The smallest absolute Gasteiger partial charge is 0.239 e. The maximum atomic E-state index is 11.7. The molecule has 1 rings (SSSR count). The third kappa shape index (κ3) is 5.44. The number of anilines is 1. The first-order valence-corrected chi connectivity index (χ1v) is 8.02. The lowest BCUT2D eigenvalue weighted by Crippen LogP contribution is -2.24. The maximum Gasteiger partial charge on any atom is 0.239 e. The molecule has 5 nitrogen and oxygen atoms in total. The fourth-order valence-corrected chi connectivity index (χ4v) is 2.06. The van der Waals surface area contributed by atoms with E-state index in [1.54, 1.807) is 24.3 Å². The molecule has 0 unspecified atom stereocenters. The lowest BCUT2D eigenvalue weighted by molar-refractivity contribution is -0.113. The Morgan fingerprint density at radius 2 is 2.00 bits per heavy atom. The van der Waals surface area contributed by atoms with E-state index in [0.29, 0.717) is 18.0 Å². The van der Waals surface area contributed by atoms with Crippen LogP contribution in [-0.4, -0.2) is 32.4 Å². The molecule has 0 aliphatic carbocycles. The second-order valence-corrected chi connectivity index (χ2v) is 6.82. The van der Waals surface area contributed by atoms with E-state index in [1.807, 2.05) is 6.92 Å². The zero-order chi connectivity index (χ0) is 15.2. The van der Waals surface area contributed by atoms with Crippen LogP contribution in [0.1, 0.15) is 13.8 Å². The van der Waals surface area contributed by atoms with Gasteiger partial charge in [0, 0.05) is 5.75 Å². The standard InChI is InChI=1S/C14H19NO4S/c1-4-20(17,18)10-14(16)15-12-7-5-6-8-13(12)19-9-11(2)3/h5-8H,2,4,9-10H2,1,3H3,(H,15,16). The summed E-state index contributed by atoms with van der Waals surface area (Å²) in [7, 11) is -3.34. The molecule has 0 saturated heterocycles. The van der Waals surface area contributed by atoms with Gasteiger partial charge in [0.25, 0.3) is 0 Å². The highest BCUT2D eigenvalue weighted by Crippen LogP contribution is 2.24. The Hall–Kier alpha value is -1.82. The van der Waals surface area contributed by atoms with Crippen LogP contribution < -0.4 is 10.1 Å². The van der Waals surface area contributed by atoms with Crippen molar-refractivity contribution >= 4 is 21.4 Å². The minimum Gasteiger partial charge on any atom is -0.487 e. The predicted octanol–water partition coefficient (Wildman–Crippen LogP) is 2.01. The van der Waals surface area contributed by atoms with Crippen molar-refractivity contribution in [3.8, 4) is 5.75 Å². The van der Waals surface area contributed by atoms with Crippen LogP contribution in [-0.2, 0) is 14.6 Å². The van der Waals surface area contributed by atoms with Gasteiger partial charge in [-0.1, -0.05) is 25.6 Å². The van der Waals surface area contributed by atoms with E-state index in [4.69, 9.17) is 4.74 Å². The molecular weight excluding hydrogens is 278 g/mol. The van der Waals surface area contributed by atoms with Gasteiger partial charge in [0.2, 0.25) is 5.91 Å². The Labute approximate surface area is 119 Å². The molecular formula is C14H19NO4S. The van der Waals surface area contributed by atoms with Crippen LogP contribution in [0, 0.1) is 0 Å². The molecule has 110 valence electrons. The van der Waals surface area contributed by atoms with E-state index in [2.05, 4.69) is 11.9 Å². The first-order chi connectivity index (χ1) is 9.34. The largest absolute Gasteiger partial charge is 0.487 e. The summed E-state index contributed by atoms with van der Waals surface area (Å²) < 4.78 is 28.3. The fraction of sp³-hybridized carbons (Fsp3) is 0.357. The van der Waals surface area contributed by atoms with Crippen LogP contribution in [0.4, 0.5) is 5.69 Å². The van der Waals surface area contributed by atoms with Crippen molar-refractivity contribution in [2.75, 3.05) is 23.4 Å². The van der Waals surface area contributed by atoms with Gasteiger partial charge in [0.15, 0.2) is 9.84 Å². The molecule has 0 spiro atoms. The Bertz CT molecular complexity index is 593. The molecule has 0 radical (unpaired) electrons. The molecule has 0 aliphatic heterocycles. The molecule has 0 fully saturated rings. The SMILES string of the molecule is C=C(C)COc1ccccc1NC(=O)CS(=O)(=O)CC. The highest BCUT2D eigenvalue weighted by molar-refractivity contribution is 7.92. The number of ether oxygens (including phenoxy) is 1. The minimum absolute atomic E-state index is 0.0613. The van der Waals surface area contributed by atoms with Crippen molar-refractivity contribution in [1.29, 1.82) is 0 Å². The van der Waals surface area contributed by atoms with Crippen LogP contribution in [0.2, 0.25) is 0 Å². The van der Waals surface area contributed by atoms with Crippen molar-refractivity contribution in [3.63, 3.8) is 0 Å². The van der Waals surface area contributed by atoms with Gasteiger partial charge < -0.3 is 10.1 Å². The first kappa shape index (κ1) is 16.2. The number of amides is 1. The van der Waals surface area contributed by atoms with E-state index >= 15 is 0 Å². The highest BCUT2D eigenvalue weighted by atomic mass is 32.2. The summed E-state index contributed by atoms with van der Waals surface area (Å²) in [5.74, 6) is -0.678. The summed E-state index contributed by atoms with van der Waals surface area (Å²) in [6.07, 6.45) is 0. The van der Waals surface area contributed by atoms with Crippen molar-refractivity contribution in [3.05, 3.63) is 36.4 Å². The molecule has 0 atom stereocenters. The van der Waals surface area contributed by atoms with Gasteiger partial charge in [0.1, 0.15) is 18.1 Å². The lowest BCUT2D eigenvalue weighted by atomic mass is 10.3. The Balaban J connectivity index is 2.77. The number of carbonyl (C=O) groups excluding carboxylic acids is 1. The molecule has 0 saturated carbocycles. The van der Waals surface area contributed by atoms with Gasteiger partial charge >= 0.3 is 0 Å². The number of para-hydroxylation sites is 2. The zero-order valence-electron chi connectivity index (χ0n) is 11.7. The van der Waals surface area contributed by atoms with Gasteiger partial charge in [-0.25, -0.2) is 8.42 Å². The van der Waals surface area contributed by atoms with E-state index in [0.717, 1.165) is 5.57 Å². The third-order valence-corrected chi connectivity index (χ3v) is 4.01. The molecule has 0 aromatic heterocycles. The molecule has 20 heavy (non-hydrogen) atoms. The van der Waals surface area contributed by atoms with Gasteiger partial charge in [-0.3, -0.25) is 4.79 Å². The van der Waals surface area contributed by atoms with Crippen molar-refractivity contribution in [2.24, 2.45) is 0 Å². The summed E-state index contributed by atoms with van der Waals surface area (Å²) in [5.41, 5.74) is 1.30. The Morgan fingerprint density at radius 1 is 1.35 bits per heavy atom. The molecule has 0 bridgehead atoms. The number of hydrogen-bond acceptors (Lipinski definition) is 4. The number of sulfone groups is 1. The van der Waals surface area contributed by atoms with Gasteiger partial charge in [0.05, 0.1) is 5.69 Å². The molecule has 1 aromatic carbocycles. The lowest BCUT2D eigenvalue weighted by Gasteiger charge is -2.12. The zero-order valence-corrected chi connectivity index (χ0v) is 12.5. The van der Waals surface area contributed by atoms with Gasteiger partial charge in [-0.2, -0.15) is 0 Å². The van der Waals surface area contributed by atoms with Crippen LogP contribution in [0.25, 0.3) is 0 Å². The number of nitrogens with one attached hydrogen (secondary N) is 1. The third-order valence-electron chi connectivity index (χ3n) is 2.43. The molecule has 1 N–H and O–H groups in total. The monoisotopic (exact) mass is 297 g/mol. The Morgan fingerprint density at radius 3 is 2.60 bits per heavy atom. The second-order valence-electron chi connectivity index (χ2n) is 4.47. The van der Waals surface area contributed by atoms with E-state index in [1.165, 1.54) is 6.92 Å². The van der Waals surface area contributed by atoms with E-state index < -0.39 is 21.5 Å². The molecule has 0 heterocycles. The predicted molar refractivity (Wildman–Crippen MR) is 79.7 cm³/mol. The molecule has 6 heteroatoms. The maximum absolute atomic E-state index is 11.7. The number of carbonyl (C=O) groups is 1. The highest BCUT2D eigenvalue weighted by Gasteiger charge is 2.15. The van der Waals surface area contributed by atoms with Crippen LogP contribution in [0.3, 0.4) is 0 Å². The van der Waals surface area contributed by atoms with E-state index in [-0.39, 0.29) is 5.75 Å². The normalized spacial score (nSPS) is 10.9. The number of rotatable bonds is 7. The number of hydrogen-bond donors (Lipinski definition) is 1. The first-order valence-electron chi connectivity index (χ1n) is 6.20. The van der Waals surface area contributed by atoms with Crippen LogP contribution >= 0.6 is 0 Å². The molecule has 0 aliphatic rings. The molecule has 1 amide bonds. The van der Waals surface area contributed by atoms with Crippen molar-refractivity contribution < 1.29 is 17.9 Å². The summed E-state index contributed by atoms with van der Waals surface area (Å²) in [5, 5.41) is 2.55. The summed E-state index contributed by atoms with van der Waals surface area (Å²) >= 11 is 0. The average molecular weight is 297 g/mol. The number of benzene rings is 1. The fourth-order valence-electron chi connectivity index (χ4n) is 1.38. The van der Waals surface area contributed by atoms with E-state index in [9.17, 15) is 13.2 Å². The molecule has 1 aromatic rings. The van der Waals surface area contributed by atoms with Gasteiger partial charge in [-0.05, 0) is 24.6 Å². The second kappa shape index (κ2) is 7.09. The van der Waals surface area contributed by atoms with Gasteiger partial charge in [-0.15, -0.1) is 0 Å². The summed E-state index contributed by atoms with van der Waals surface area (Å²) in [6.45, 7) is 7.40.